The molecule has 4 aromatic carbocycles. The van der Waals surface area contributed by atoms with Gasteiger partial charge in [-0.3, -0.25) is 0 Å². The summed E-state index contributed by atoms with van der Waals surface area (Å²) in [6.45, 7) is -1.24. The zero-order valence-electron chi connectivity index (χ0n) is 20.3. The molecule has 0 heterocycles. The first kappa shape index (κ1) is 26.6. The van der Waals surface area contributed by atoms with Crippen LogP contribution in [0.4, 0.5) is 26.3 Å². The van der Waals surface area contributed by atoms with E-state index in [1.165, 1.54) is 31.4 Å². The van der Waals surface area contributed by atoms with Gasteiger partial charge in [-0.1, -0.05) is 75.1 Å². The molecule has 1 nitrogen and oxygen atoms in total. The highest BCUT2D eigenvalue weighted by Crippen LogP contribution is 2.35. The smallest absolute Gasteiger partial charge is 0.387 e. The molecule has 4 aromatic rings. The number of hydrogen-bond acceptors (Lipinski definition) is 1. The van der Waals surface area contributed by atoms with E-state index < -0.39 is 35.6 Å². The van der Waals surface area contributed by atoms with Crippen molar-refractivity contribution in [1.82, 2.24) is 0 Å². The number of benzene rings is 4. The molecule has 0 fully saturated rings. The lowest BCUT2D eigenvalue weighted by molar-refractivity contribution is -0.0546. The van der Waals surface area contributed by atoms with Gasteiger partial charge in [-0.2, -0.15) is 8.78 Å². The Morgan fingerprint density at radius 1 is 0.676 bits per heavy atom. The average Bonchev–Trinajstić information content (AvgIpc) is 2.86. The summed E-state index contributed by atoms with van der Waals surface area (Å²) >= 11 is 0. The van der Waals surface area contributed by atoms with Gasteiger partial charge in [-0.15, -0.1) is 0 Å². The lowest BCUT2D eigenvalue weighted by atomic mass is 9.95. The number of ether oxygens (including phenoxy) is 1. The van der Waals surface area contributed by atoms with E-state index in [9.17, 15) is 22.0 Å². The molecule has 0 aliphatic carbocycles. The number of rotatable bonds is 10. The van der Waals surface area contributed by atoms with Gasteiger partial charge in [-0.25, -0.2) is 17.6 Å². The summed E-state index contributed by atoms with van der Waals surface area (Å²) in [4.78, 5) is 0. The maximum absolute atomic E-state index is 15.4. The topological polar surface area (TPSA) is 9.23 Å². The molecule has 0 unspecified atom stereocenters. The third kappa shape index (κ3) is 6.09. The summed E-state index contributed by atoms with van der Waals surface area (Å²) < 4.78 is 87.2. The molecule has 0 aliphatic heterocycles. The van der Waals surface area contributed by atoms with Gasteiger partial charge in [0.1, 0.15) is 11.6 Å². The Hall–Kier alpha value is -3.48. The Bertz CT molecular complexity index is 1380. The molecule has 0 aromatic heterocycles. The summed E-state index contributed by atoms with van der Waals surface area (Å²) in [5.41, 5.74) is 1.19. The largest absolute Gasteiger partial charge is 0.429 e. The summed E-state index contributed by atoms with van der Waals surface area (Å²) in [5.74, 6) is -5.37. The molecular formula is C30H26F6O. The van der Waals surface area contributed by atoms with Crippen molar-refractivity contribution in [3.05, 3.63) is 89.5 Å². The van der Waals surface area contributed by atoms with Gasteiger partial charge in [0.05, 0.1) is 0 Å². The van der Waals surface area contributed by atoms with E-state index >= 15 is 4.39 Å². The fourth-order valence-corrected chi connectivity index (χ4v) is 4.49. The van der Waals surface area contributed by atoms with E-state index in [0.29, 0.717) is 17.5 Å². The van der Waals surface area contributed by atoms with Crippen LogP contribution in [0.2, 0.25) is 0 Å². The predicted octanol–water partition coefficient (Wildman–Crippen LogP) is 9.84. The molecular weight excluding hydrogens is 490 g/mol. The molecule has 0 saturated heterocycles. The van der Waals surface area contributed by atoms with Gasteiger partial charge in [-0.05, 0) is 53.1 Å². The van der Waals surface area contributed by atoms with Crippen molar-refractivity contribution >= 4 is 10.8 Å². The van der Waals surface area contributed by atoms with E-state index in [4.69, 9.17) is 0 Å². The number of unbranched alkanes of at least 4 members (excludes halogenated alkanes) is 4. The number of aryl methyl sites for hydroxylation is 1. The minimum absolute atomic E-state index is 0.171. The van der Waals surface area contributed by atoms with Crippen LogP contribution in [0.5, 0.6) is 5.75 Å². The Kier molecular flexibility index (Phi) is 8.41. The Labute approximate surface area is 211 Å². The highest BCUT2D eigenvalue weighted by Gasteiger charge is 2.19. The van der Waals surface area contributed by atoms with Crippen molar-refractivity contribution in [3.8, 4) is 28.0 Å². The van der Waals surface area contributed by atoms with Crippen LogP contribution in [0.15, 0.2) is 60.7 Å². The molecule has 4 rings (SSSR count). The molecule has 0 spiro atoms. The normalized spacial score (nSPS) is 11.5. The number of halogens is 6. The first-order valence-electron chi connectivity index (χ1n) is 12.2. The molecule has 0 aliphatic rings. The van der Waals surface area contributed by atoms with Crippen molar-refractivity contribution in [3.63, 3.8) is 0 Å². The zero-order valence-corrected chi connectivity index (χ0v) is 20.3. The lowest BCUT2D eigenvalue weighted by Gasteiger charge is -2.12. The van der Waals surface area contributed by atoms with Crippen LogP contribution >= 0.6 is 0 Å². The standard InChI is InChI=1S/C30H26F6O/c1-2-3-4-5-6-7-18-8-11-23-19(14-18)10-13-24(28(23)34)20-9-12-22(25(31)15-20)21-16-26(32)29(27(33)17-21)37-30(35)36/h8-17,30H,2-7H2,1H3. The predicted molar refractivity (Wildman–Crippen MR) is 134 cm³/mol. The molecule has 0 N–H and O–H groups in total. The summed E-state index contributed by atoms with van der Waals surface area (Å²) in [6, 6.07) is 14.1. The second-order valence-corrected chi connectivity index (χ2v) is 8.99. The lowest BCUT2D eigenvalue weighted by Crippen LogP contribution is -2.06. The van der Waals surface area contributed by atoms with Gasteiger partial charge in [0.15, 0.2) is 17.4 Å². The van der Waals surface area contributed by atoms with Gasteiger partial charge < -0.3 is 4.74 Å². The van der Waals surface area contributed by atoms with Crippen LogP contribution in [-0.2, 0) is 6.42 Å². The Morgan fingerprint density at radius 3 is 2.03 bits per heavy atom. The van der Waals surface area contributed by atoms with Crippen LogP contribution in [-0.4, -0.2) is 6.61 Å². The van der Waals surface area contributed by atoms with Gasteiger partial charge >= 0.3 is 6.61 Å². The van der Waals surface area contributed by atoms with E-state index in [-0.39, 0.29) is 22.3 Å². The average molecular weight is 517 g/mol. The summed E-state index contributed by atoms with van der Waals surface area (Å²) in [5, 5.41) is 1.16. The minimum atomic E-state index is -3.41. The zero-order chi connectivity index (χ0) is 26.5. The third-order valence-corrected chi connectivity index (χ3v) is 6.38. The number of alkyl halides is 2. The van der Waals surface area contributed by atoms with Crippen molar-refractivity contribution in [2.75, 3.05) is 0 Å². The van der Waals surface area contributed by atoms with E-state index in [1.807, 2.05) is 12.1 Å². The molecule has 0 amide bonds. The Morgan fingerprint density at radius 2 is 1.35 bits per heavy atom. The second-order valence-electron chi connectivity index (χ2n) is 8.99. The maximum atomic E-state index is 15.4. The van der Waals surface area contributed by atoms with E-state index in [1.54, 1.807) is 18.2 Å². The molecule has 37 heavy (non-hydrogen) atoms. The second kappa shape index (κ2) is 11.7. The SMILES string of the molecule is CCCCCCCc1ccc2c(F)c(-c3ccc(-c4cc(F)c(OC(F)F)c(F)c4)c(F)c3)ccc2c1. The van der Waals surface area contributed by atoms with Crippen LogP contribution in [0, 0.1) is 23.3 Å². The quantitative estimate of drug-likeness (QED) is 0.151. The van der Waals surface area contributed by atoms with Crippen LogP contribution in [0.3, 0.4) is 0 Å². The maximum Gasteiger partial charge on any atom is 0.387 e. The molecule has 0 saturated carbocycles. The van der Waals surface area contributed by atoms with Gasteiger partial charge in [0.25, 0.3) is 0 Å². The van der Waals surface area contributed by atoms with Crippen molar-refractivity contribution in [2.45, 2.75) is 52.1 Å². The molecule has 194 valence electrons. The van der Waals surface area contributed by atoms with Crippen LogP contribution in [0.1, 0.15) is 44.6 Å². The number of fused-ring (bicyclic) bond motifs is 1. The van der Waals surface area contributed by atoms with Crippen molar-refractivity contribution < 1.29 is 31.1 Å². The Balaban J connectivity index is 1.59. The highest BCUT2D eigenvalue weighted by atomic mass is 19.3. The molecule has 0 atom stereocenters. The first-order chi connectivity index (χ1) is 17.8. The monoisotopic (exact) mass is 516 g/mol. The van der Waals surface area contributed by atoms with Crippen molar-refractivity contribution in [1.29, 1.82) is 0 Å². The fraction of sp³-hybridized carbons (Fsp3) is 0.267. The van der Waals surface area contributed by atoms with Gasteiger partial charge in [0, 0.05) is 16.5 Å². The van der Waals surface area contributed by atoms with E-state index in [0.717, 1.165) is 36.3 Å². The molecule has 0 radical (unpaired) electrons. The minimum Gasteiger partial charge on any atom is -0.429 e. The fourth-order valence-electron chi connectivity index (χ4n) is 4.49. The third-order valence-electron chi connectivity index (χ3n) is 6.38. The summed E-state index contributed by atoms with van der Waals surface area (Å²) in [6.07, 6.45) is 6.78. The molecule has 0 bridgehead atoms. The van der Waals surface area contributed by atoms with Crippen LogP contribution in [0.25, 0.3) is 33.0 Å². The number of hydrogen-bond donors (Lipinski definition) is 0. The highest BCUT2D eigenvalue weighted by molar-refractivity contribution is 5.89. The van der Waals surface area contributed by atoms with Crippen LogP contribution < -0.4 is 4.74 Å². The summed E-state index contributed by atoms with van der Waals surface area (Å²) in [7, 11) is 0. The van der Waals surface area contributed by atoms with E-state index in [2.05, 4.69) is 11.7 Å². The van der Waals surface area contributed by atoms with Crippen molar-refractivity contribution in [2.24, 2.45) is 0 Å². The first-order valence-corrected chi connectivity index (χ1v) is 12.2. The molecule has 7 heteroatoms. The van der Waals surface area contributed by atoms with Gasteiger partial charge in [0.2, 0.25) is 0 Å².